The van der Waals surface area contributed by atoms with Crippen molar-refractivity contribution in [3.05, 3.63) is 33.9 Å². The number of carbonyl (C=O) groups excluding carboxylic acids is 2. The highest BCUT2D eigenvalue weighted by atomic mass is 16.5. The number of aromatic nitrogens is 4. The van der Waals surface area contributed by atoms with Crippen molar-refractivity contribution in [3.63, 3.8) is 0 Å². The molecule has 128 valence electrons. The summed E-state index contributed by atoms with van der Waals surface area (Å²) in [5, 5.41) is 13.5. The summed E-state index contributed by atoms with van der Waals surface area (Å²) in [6, 6.07) is 0. The SMILES string of the molecule is CCOC(=O)c1n[nH]c2c1CCC2.NC(=O)c1n[nH]c2c1CCC2. The molecule has 0 atom stereocenters. The molecule has 0 saturated heterocycles. The van der Waals surface area contributed by atoms with Gasteiger partial charge in [-0.2, -0.15) is 10.2 Å². The third-order valence-electron chi connectivity index (χ3n) is 4.31. The van der Waals surface area contributed by atoms with Crippen molar-refractivity contribution in [2.45, 2.75) is 45.4 Å². The van der Waals surface area contributed by atoms with Crippen molar-refractivity contribution in [3.8, 4) is 0 Å². The maximum absolute atomic E-state index is 11.4. The predicted octanol–water partition coefficient (Wildman–Crippen LogP) is 1.07. The van der Waals surface area contributed by atoms with Crippen LogP contribution in [0.3, 0.4) is 0 Å². The molecule has 0 bridgehead atoms. The molecular formula is C16H21N5O3. The predicted molar refractivity (Wildman–Crippen MR) is 85.7 cm³/mol. The number of nitrogens with two attached hydrogens (primary N) is 1. The Morgan fingerprint density at radius 2 is 1.54 bits per heavy atom. The number of nitrogens with zero attached hydrogens (tertiary/aromatic N) is 2. The first kappa shape index (κ1) is 16.2. The number of rotatable bonds is 3. The number of nitrogens with one attached hydrogen (secondary N) is 2. The van der Waals surface area contributed by atoms with Crippen LogP contribution in [-0.2, 0) is 30.4 Å². The van der Waals surface area contributed by atoms with E-state index < -0.39 is 5.91 Å². The number of fused-ring (bicyclic) bond motifs is 2. The van der Waals surface area contributed by atoms with Crippen molar-refractivity contribution < 1.29 is 14.3 Å². The lowest BCUT2D eigenvalue weighted by Crippen LogP contribution is -2.13. The Bertz CT molecular complexity index is 762. The highest BCUT2D eigenvalue weighted by Crippen LogP contribution is 2.23. The third-order valence-corrected chi connectivity index (χ3v) is 4.31. The first-order chi connectivity index (χ1) is 11.6. The topological polar surface area (TPSA) is 127 Å². The quantitative estimate of drug-likeness (QED) is 0.725. The van der Waals surface area contributed by atoms with Crippen LogP contribution in [-0.4, -0.2) is 38.9 Å². The van der Waals surface area contributed by atoms with Gasteiger partial charge in [-0.1, -0.05) is 0 Å². The van der Waals surface area contributed by atoms with Crippen LogP contribution in [0.2, 0.25) is 0 Å². The lowest BCUT2D eigenvalue weighted by atomic mass is 10.2. The molecule has 4 rings (SSSR count). The minimum atomic E-state index is -0.426. The Morgan fingerprint density at radius 3 is 2.08 bits per heavy atom. The number of H-pyrrole nitrogens is 2. The number of hydrogen-bond acceptors (Lipinski definition) is 5. The summed E-state index contributed by atoms with van der Waals surface area (Å²) in [6.07, 6.45) is 6.08. The van der Waals surface area contributed by atoms with Gasteiger partial charge in [0.25, 0.3) is 5.91 Å². The number of aromatic amines is 2. The molecule has 0 fully saturated rings. The number of carbonyl (C=O) groups is 2. The average Bonchev–Trinajstić information content (AvgIpc) is 3.28. The molecule has 2 aromatic heterocycles. The van der Waals surface area contributed by atoms with Crippen LogP contribution < -0.4 is 5.73 Å². The second-order valence-electron chi connectivity index (χ2n) is 5.85. The number of hydrogen-bond donors (Lipinski definition) is 3. The van der Waals surface area contributed by atoms with Crippen molar-refractivity contribution in [1.29, 1.82) is 0 Å². The molecule has 0 radical (unpaired) electrons. The molecule has 2 heterocycles. The lowest BCUT2D eigenvalue weighted by Gasteiger charge is -1.98. The molecule has 8 heteroatoms. The molecular weight excluding hydrogens is 310 g/mol. The molecule has 0 saturated carbocycles. The van der Waals surface area contributed by atoms with Crippen LogP contribution in [0.15, 0.2) is 0 Å². The Balaban J connectivity index is 0.000000143. The number of esters is 1. The van der Waals surface area contributed by atoms with Gasteiger partial charge in [0.1, 0.15) is 0 Å². The summed E-state index contributed by atoms with van der Waals surface area (Å²) in [4.78, 5) is 22.1. The van der Waals surface area contributed by atoms with Crippen LogP contribution in [0.4, 0.5) is 0 Å². The molecule has 2 aromatic rings. The van der Waals surface area contributed by atoms with E-state index in [0.717, 1.165) is 61.0 Å². The van der Waals surface area contributed by atoms with Crippen LogP contribution in [0, 0.1) is 0 Å². The van der Waals surface area contributed by atoms with E-state index in [2.05, 4.69) is 20.4 Å². The van der Waals surface area contributed by atoms with Crippen molar-refractivity contribution in [2.24, 2.45) is 5.73 Å². The summed E-state index contributed by atoms with van der Waals surface area (Å²) in [5.74, 6) is -0.730. The second kappa shape index (κ2) is 6.86. The van der Waals surface area contributed by atoms with Gasteiger partial charge in [-0.05, 0) is 45.4 Å². The molecule has 0 aliphatic heterocycles. The molecule has 0 spiro atoms. The highest BCUT2D eigenvalue weighted by molar-refractivity contribution is 5.92. The third kappa shape index (κ3) is 3.04. The van der Waals surface area contributed by atoms with Crippen LogP contribution in [0.1, 0.15) is 63.3 Å². The Hall–Kier alpha value is -2.64. The first-order valence-corrected chi connectivity index (χ1v) is 8.21. The normalized spacial score (nSPS) is 14.5. The van der Waals surface area contributed by atoms with Crippen LogP contribution in [0.5, 0.6) is 0 Å². The fraction of sp³-hybridized carbons (Fsp3) is 0.500. The zero-order valence-corrected chi connectivity index (χ0v) is 13.6. The van der Waals surface area contributed by atoms with Gasteiger partial charge in [-0.15, -0.1) is 0 Å². The van der Waals surface area contributed by atoms with Gasteiger partial charge >= 0.3 is 5.97 Å². The van der Waals surface area contributed by atoms with Gasteiger partial charge in [0.2, 0.25) is 0 Å². The van der Waals surface area contributed by atoms with Gasteiger partial charge in [0, 0.05) is 22.5 Å². The molecule has 0 aromatic carbocycles. The van der Waals surface area contributed by atoms with E-state index in [9.17, 15) is 9.59 Å². The van der Waals surface area contributed by atoms with E-state index in [0.29, 0.717) is 18.0 Å². The maximum atomic E-state index is 11.4. The lowest BCUT2D eigenvalue weighted by molar-refractivity contribution is 0.0518. The maximum Gasteiger partial charge on any atom is 0.359 e. The minimum absolute atomic E-state index is 0.304. The Morgan fingerprint density at radius 1 is 1.00 bits per heavy atom. The van der Waals surface area contributed by atoms with E-state index in [1.54, 1.807) is 6.92 Å². The molecule has 2 aliphatic rings. The first-order valence-electron chi connectivity index (χ1n) is 8.21. The summed E-state index contributed by atoms with van der Waals surface area (Å²) in [7, 11) is 0. The van der Waals surface area contributed by atoms with Gasteiger partial charge in [-0.3, -0.25) is 15.0 Å². The molecule has 24 heavy (non-hydrogen) atoms. The standard InChI is InChI=1S/C9H12N2O2.C7H9N3O/c1-2-13-9(12)8-6-4-3-5-7(6)10-11-8;8-7(11)6-4-2-1-3-5(4)9-10-6/h2-5H2,1H3,(H,10,11);1-3H2,(H2,8,11)(H,9,10). The van der Waals surface area contributed by atoms with E-state index >= 15 is 0 Å². The smallest absolute Gasteiger partial charge is 0.359 e. The molecule has 0 unspecified atom stereocenters. The monoisotopic (exact) mass is 331 g/mol. The van der Waals surface area contributed by atoms with Gasteiger partial charge in [0.15, 0.2) is 11.4 Å². The van der Waals surface area contributed by atoms with Gasteiger partial charge < -0.3 is 10.5 Å². The van der Waals surface area contributed by atoms with Crippen LogP contribution in [0.25, 0.3) is 0 Å². The Labute approximate surface area is 139 Å². The van der Waals surface area contributed by atoms with Crippen molar-refractivity contribution >= 4 is 11.9 Å². The van der Waals surface area contributed by atoms with E-state index in [4.69, 9.17) is 10.5 Å². The fourth-order valence-electron chi connectivity index (χ4n) is 3.21. The summed E-state index contributed by atoms with van der Waals surface area (Å²) in [5.41, 5.74) is 10.3. The zero-order chi connectivity index (χ0) is 17.1. The number of primary amides is 1. The molecule has 4 N–H and O–H groups in total. The molecule has 8 nitrogen and oxygen atoms in total. The fourth-order valence-corrected chi connectivity index (χ4v) is 3.21. The summed E-state index contributed by atoms with van der Waals surface area (Å²) in [6.45, 7) is 2.20. The van der Waals surface area contributed by atoms with Gasteiger partial charge in [0.05, 0.1) is 6.61 Å². The van der Waals surface area contributed by atoms with Gasteiger partial charge in [-0.25, -0.2) is 4.79 Å². The number of aryl methyl sites for hydroxylation is 2. The summed E-state index contributed by atoms with van der Waals surface area (Å²) < 4.78 is 4.89. The second-order valence-corrected chi connectivity index (χ2v) is 5.85. The highest BCUT2D eigenvalue weighted by Gasteiger charge is 2.23. The zero-order valence-electron chi connectivity index (χ0n) is 13.6. The van der Waals surface area contributed by atoms with Crippen molar-refractivity contribution in [1.82, 2.24) is 20.4 Å². The van der Waals surface area contributed by atoms with Crippen molar-refractivity contribution in [2.75, 3.05) is 6.61 Å². The number of amides is 1. The van der Waals surface area contributed by atoms with E-state index in [-0.39, 0.29) is 5.97 Å². The average molecular weight is 331 g/mol. The Kier molecular flexibility index (Phi) is 4.64. The summed E-state index contributed by atoms with van der Waals surface area (Å²) >= 11 is 0. The van der Waals surface area contributed by atoms with Crippen LogP contribution >= 0.6 is 0 Å². The molecule has 1 amide bonds. The largest absolute Gasteiger partial charge is 0.461 e. The van der Waals surface area contributed by atoms with E-state index in [1.165, 1.54) is 0 Å². The number of ether oxygens (including phenoxy) is 1. The minimum Gasteiger partial charge on any atom is -0.461 e. The van der Waals surface area contributed by atoms with E-state index in [1.807, 2.05) is 0 Å². The molecule has 2 aliphatic carbocycles.